The molecule has 0 aromatic heterocycles. The third-order valence-electron chi connectivity index (χ3n) is 3.95. The number of hydrogen-bond donors (Lipinski definition) is 2. The molecule has 0 fully saturated rings. The molecule has 0 radical (unpaired) electrons. The second-order valence-electron chi connectivity index (χ2n) is 7.36. The maximum Gasteiger partial charge on any atom is 0.126 e. The fraction of sp³-hybridized carbons (Fsp3) is 0.667. The number of aliphatic hydroxyl groups is 1. The van der Waals surface area contributed by atoms with Gasteiger partial charge >= 0.3 is 0 Å². The number of nitrogens with one attached hydrogen (secondary N) is 1. The normalized spacial score (nSPS) is 20.3. The van der Waals surface area contributed by atoms with Crippen molar-refractivity contribution >= 4 is 0 Å². The van der Waals surface area contributed by atoms with Gasteiger partial charge in [-0.3, -0.25) is 0 Å². The van der Waals surface area contributed by atoms with Gasteiger partial charge in [0.2, 0.25) is 0 Å². The van der Waals surface area contributed by atoms with Crippen molar-refractivity contribution in [3.05, 3.63) is 29.3 Å². The highest BCUT2D eigenvalue weighted by Crippen LogP contribution is 2.34. The van der Waals surface area contributed by atoms with Gasteiger partial charge in [-0.1, -0.05) is 39.0 Å². The van der Waals surface area contributed by atoms with Crippen molar-refractivity contribution in [3.8, 4) is 5.75 Å². The lowest BCUT2D eigenvalue weighted by atomic mass is 9.89. The van der Waals surface area contributed by atoms with Gasteiger partial charge in [0.1, 0.15) is 5.75 Å². The smallest absolute Gasteiger partial charge is 0.126 e. The molecule has 0 aliphatic carbocycles. The van der Waals surface area contributed by atoms with Crippen LogP contribution in [0, 0.1) is 12.3 Å². The maximum atomic E-state index is 10.2. The van der Waals surface area contributed by atoms with E-state index in [1.165, 1.54) is 11.1 Å². The maximum absolute atomic E-state index is 10.2. The van der Waals surface area contributed by atoms with Crippen LogP contribution < -0.4 is 10.1 Å². The molecule has 0 bridgehead atoms. The van der Waals surface area contributed by atoms with E-state index in [2.05, 4.69) is 51.2 Å². The lowest BCUT2D eigenvalue weighted by molar-refractivity contribution is 0.116. The average Bonchev–Trinajstić information content (AvgIpc) is 2.58. The van der Waals surface area contributed by atoms with Crippen LogP contribution >= 0.6 is 0 Å². The zero-order valence-corrected chi connectivity index (χ0v) is 13.8. The number of hydrogen-bond acceptors (Lipinski definition) is 3. The number of rotatable bonds is 4. The topological polar surface area (TPSA) is 41.5 Å². The van der Waals surface area contributed by atoms with Crippen LogP contribution in [0.5, 0.6) is 5.75 Å². The second kappa shape index (κ2) is 6.80. The summed E-state index contributed by atoms with van der Waals surface area (Å²) in [5, 5.41) is 13.7. The minimum Gasteiger partial charge on any atom is -0.493 e. The molecule has 3 heteroatoms. The number of aryl methyl sites for hydroxylation is 1. The van der Waals surface area contributed by atoms with Crippen LogP contribution in [-0.4, -0.2) is 24.4 Å². The Hall–Kier alpha value is -1.06. The third-order valence-corrected chi connectivity index (χ3v) is 3.95. The molecule has 2 N–H and O–H groups in total. The molecular formula is C18H29NO2. The van der Waals surface area contributed by atoms with Crippen molar-refractivity contribution in [1.29, 1.82) is 0 Å². The monoisotopic (exact) mass is 291 g/mol. The number of fused-ring (bicyclic) bond motifs is 1. The van der Waals surface area contributed by atoms with E-state index in [9.17, 15) is 5.11 Å². The Balaban J connectivity index is 2.02. The summed E-state index contributed by atoms with van der Waals surface area (Å²) < 4.78 is 5.89. The minimum atomic E-state index is -0.303. The lowest BCUT2D eigenvalue weighted by Gasteiger charge is -2.25. The van der Waals surface area contributed by atoms with E-state index in [4.69, 9.17) is 4.74 Å². The zero-order valence-electron chi connectivity index (χ0n) is 13.8. The lowest BCUT2D eigenvalue weighted by Crippen LogP contribution is -2.32. The molecule has 21 heavy (non-hydrogen) atoms. The van der Waals surface area contributed by atoms with Gasteiger partial charge in [0.25, 0.3) is 0 Å². The Morgan fingerprint density at radius 3 is 2.86 bits per heavy atom. The molecule has 2 rings (SSSR count). The van der Waals surface area contributed by atoms with Crippen LogP contribution in [0.15, 0.2) is 18.2 Å². The molecule has 118 valence electrons. The summed E-state index contributed by atoms with van der Waals surface area (Å²) in [6.07, 6.45) is 2.60. The first-order valence-corrected chi connectivity index (χ1v) is 8.00. The molecule has 1 aliphatic heterocycles. The second-order valence-corrected chi connectivity index (χ2v) is 7.36. The van der Waals surface area contributed by atoms with Crippen LogP contribution in [0.1, 0.15) is 57.2 Å². The molecule has 1 heterocycles. The van der Waals surface area contributed by atoms with Crippen LogP contribution in [0.3, 0.4) is 0 Å². The van der Waals surface area contributed by atoms with Gasteiger partial charge in [0.05, 0.1) is 12.7 Å². The summed E-state index contributed by atoms with van der Waals surface area (Å²) >= 11 is 0. The highest BCUT2D eigenvalue weighted by Gasteiger charge is 2.22. The first-order valence-electron chi connectivity index (χ1n) is 8.00. The average molecular weight is 291 g/mol. The predicted molar refractivity (Wildman–Crippen MR) is 86.7 cm³/mol. The van der Waals surface area contributed by atoms with Crippen LogP contribution in [0.4, 0.5) is 0 Å². The van der Waals surface area contributed by atoms with Gasteiger partial charge < -0.3 is 15.2 Å². The Kier molecular flexibility index (Phi) is 5.28. The van der Waals surface area contributed by atoms with E-state index in [0.717, 1.165) is 31.6 Å². The Morgan fingerprint density at radius 2 is 2.14 bits per heavy atom. The standard InChI is InChI=1S/C18H29NO2/c1-13-7-5-8-15-16(9-6-10-21-17(13)15)19-12-14(20)11-18(2,3)4/h5,7-8,14,16,19-20H,6,9-12H2,1-4H3. The molecule has 1 aromatic rings. The first kappa shape index (κ1) is 16.3. The van der Waals surface area contributed by atoms with E-state index in [-0.39, 0.29) is 17.6 Å². The minimum absolute atomic E-state index is 0.155. The van der Waals surface area contributed by atoms with Gasteiger partial charge in [-0.2, -0.15) is 0 Å². The highest BCUT2D eigenvalue weighted by molar-refractivity contribution is 5.43. The number of para-hydroxylation sites is 1. The third kappa shape index (κ3) is 4.72. The summed E-state index contributed by atoms with van der Waals surface area (Å²) in [5.41, 5.74) is 2.58. The number of ether oxygens (including phenoxy) is 1. The van der Waals surface area contributed by atoms with E-state index in [1.54, 1.807) is 0 Å². The Bertz CT molecular complexity index is 465. The molecule has 1 aliphatic rings. The van der Waals surface area contributed by atoms with E-state index >= 15 is 0 Å². The quantitative estimate of drug-likeness (QED) is 0.890. The van der Waals surface area contributed by atoms with Crippen LogP contribution in [0.25, 0.3) is 0 Å². The summed E-state index contributed by atoms with van der Waals surface area (Å²) in [5.74, 6) is 1.03. The molecule has 0 amide bonds. The van der Waals surface area contributed by atoms with Gasteiger partial charge in [0.15, 0.2) is 0 Å². The molecule has 2 atom stereocenters. The molecular weight excluding hydrogens is 262 g/mol. The summed E-state index contributed by atoms with van der Waals surface area (Å²) in [7, 11) is 0. The van der Waals surface area contributed by atoms with Crippen molar-refractivity contribution in [2.45, 2.75) is 59.1 Å². The number of benzene rings is 1. The van der Waals surface area contributed by atoms with Crippen molar-refractivity contribution in [2.24, 2.45) is 5.41 Å². The van der Waals surface area contributed by atoms with Crippen molar-refractivity contribution < 1.29 is 9.84 Å². The van der Waals surface area contributed by atoms with Gasteiger partial charge in [-0.25, -0.2) is 0 Å². The predicted octanol–water partition coefficient (Wildman–Crippen LogP) is 3.60. The molecule has 2 unspecified atom stereocenters. The molecule has 1 aromatic carbocycles. The Labute approximate surface area is 128 Å². The molecule has 3 nitrogen and oxygen atoms in total. The van der Waals surface area contributed by atoms with Crippen molar-refractivity contribution in [2.75, 3.05) is 13.2 Å². The fourth-order valence-corrected chi connectivity index (χ4v) is 3.03. The molecule has 0 saturated heterocycles. The Morgan fingerprint density at radius 1 is 1.38 bits per heavy atom. The highest BCUT2D eigenvalue weighted by atomic mass is 16.5. The fourth-order valence-electron chi connectivity index (χ4n) is 3.03. The first-order chi connectivity index (χ1) is 9.87. The van der Waals surface area contributed by atoms with Gasteiger partial charge in [-0.15, -0.1) is 0 Å². The van der Waals surface area contributed by atoms with Crippen LogP contribution in [0.2, 0.25) is 0 Å². The van der Waals surface area contributed by atoms with Crippen molar-refractivity contribution in [1.82, 2.24) is 5.32 Å². The van der Waals surface area contributed by atoms with Gasteiger partial charge in [0, 0.05) is 18.2 Å². The summed E-state index contributed by atoms with van der Waals surface area (Å²) in [6.45, 7) is 9.99. The molecule has 0 saturated carbocycles. The zero-order chi connectivity index (χ0) is 15.5. The summed E-state index contributed by atoms with van der Waals surface area (Å²) in [6, 6.07) is 6.59. The summed E-state index contributed by atoms with van der Waals surface area (Å²) in [4.78, 5) is 0. The van der Waals surface area contributed by atoms with Gasteiger partial charge in [-0.05, 0) is 37.2 Å². The molecule has 0 spiro atoms. The largest absolute Gasteiger partial charge is 0.493 e. The van der Waals surface area contributed by atoms with Crippen molar-refractivity contribution in [3.63, 3.8) is 0 Å². The van der Waals surface area contributed by atoms with E-state index < -0.39 is 0 Å². The van der Waals surface area contributed by atoms with E-state index in [1.807, 2.05) is 0 Å². The van der Waals surface area contributed by atoms with Crippen LogP contribution in [-0.2, 0) is 0 Å². The number of aliphatic hydroxyl groups excluding tert-OH is 1. The van der Waals surface area contributed by atoms with E-state index in [0.29, 0.717) is 6.54 Å². The SMILES string of the molecule is Cc1cccc2c1OCCCC2NCC(O)CC(C)(C)C.